The van der Waals surface area contributed by atoms with E-state index in [4.69, 9.17) is 14.3 Å². The first kappa shape index (κ1) is 49.8. The van der Waals surface area contributed by atoms with Crippen molar-refractivity contribution in [3.63, 3.8) is 0 Å². The molecule has 15 nitrogen and oxygen atoms in total. The molecule has 0 spiro atoms. The number of nitrogens with one attached hydrogen (secondary N) is 2. The van der Waals surface area contributed by atoms with Crippen molar-refractivity contribution in [1.29, 1.82) is 0 Å². The molecule has 72 heavy (non-hydrogen) atoms. The summed E-state index contributed by atoms with van der Waals surface area (Å²) in [5.41, 5.74) is 1.37. The molecular weight excluding hydrogens is 989 g/mol. The van der Waals surface area contributed by atoms with E-state index in [2.05, 4.69) is 30.9 Å². The van der Waals surface area contributed by atoms with E-state index < -0.39 is 52.6 Å². The second-order valence-corrected chi connectivity index (χ2v) is 21.6. The predicted molar refractivity (Wildman–Crippen MR) is 281 cm³/mol. The van der Waals surface area contributed by atoms with E-state index in [1.54, 1.807) is 37.9 Å². The SMILES string of the molecule is Cn1ncnc1SCSC1=C(C(=O)OC(c2ccccc2)c2ccccc2)N2C(=O)[C@@H](NC(=O)C(=NOC(c3ccccc3)(c3ccccc3)c3ccccc3)c3csc(NC(=O)OC(C)(C)C)n3)[C@@H]2SC1. The molecule has 366 valence electrons. The number of aromatic nitrogens is 4. The Labute approximate surface area is 432 Å². The highest BCUT2D eigenvalue weighted by Gasteiger charge is 2.55. The van der Waals surface area contributed by atoms with Crippen LogP contribution in [0.3, 0.4) is 0 Å². The van der Waals surface area contributed by atoms with Gasteiger partial charge in [-0.1, -0.05) is 169 Å². The number of hydrogen-bond acceptors (Lipinski definition) is 15. The molecule has 4 heterocycles. The Kier molecular flexibility index (Phi) is 15.3. The minimum absolute atomic E-state index is 0.0581. The third-order valence-electron chi connectivity index (χ3n) is 11.3. The summed E-state index contributed by atoms with van der Waals surface area (Å²) in [6.07, 6.45) is -0.0494. The zero-order valence-electron chi connectivity index (χ0n) is 39.4. The van der Waals surface area contributed by atoms with Gasteiger partial charge in [0.2, 0.25) is 5.60 Å². The largest absolute Gasteiger partial charge is 0.448 e. The lowest BCUT2D eigenvalue weighted by Crippen LogP contribution is -2.71. The van der Waals surface area contributed by atoms with Crippen molar-refractivity contribution < 1.29 is 33.5 Å². The van der Waals surface area contributed by atoms with Gasteiger partial charge in [0, 0.05) is 39.8 Å². The fourth-order valence-corrected chi connectivity index (χ4v) is 12.4. The van der Waals surface area contributed by atoms with Gasteiger partial charge in [0.1, 0.15) is 34.7 Å². The number of anilines is 1. The number of ether oxygens (including phenoxy) is 2. The maximum Gasteiger partial charge on any atom is 0.413 e. The fraction of sp³-hybridized carbons (Fsp3) is 0.208. The Morgan fingerprint density at radius 1 is 0.806 bits per heavy atom. The van der Waals surface area contributed by atoms with E-state index in [1.165, 1.54) is 46.5 Å². The number of fused-ring (bicyclic) bond motifs is 1. The minimum atomic E-state index is -1.39. The van der Waals surface area contributed by atoms with Gasteiger partial charge in [-0.2, -0.15) is 5.10 Å². The highest BCUT2D eigenvalue weighted by molar-refractivity contribution is 8.18. The molecule has 2 aliphatic rings. The Morgan fingerprint density at radius 2 is 1.36 bits per heavy atom. The van der Waals surface area contributed by atoms with Crippen LogP contribution in [0.1, 0.15) is 60.4 Å². The summed E-state index contributed by atoms with van der Waals surface area (Å²) in [5.74, 6) is -1.67. The van der Waals surface area contributed by atoms with E-state index >= 15 is 0 Å². The maximum atomic E-state index is 15.0. The molecule has 0 aliphatic carbocycles. The number of thiazole rings is 1. The van der Waals surface area contributed by atoms with Crippen molar-refractivity contribution in [3.8, 4) is 0 Å². The smallest absolute Gasteiger partial charge is 0.413 e. The molecule has 5 aromatic carbocycles. The summed E-state index contributed by atoms with van der Waals surface area (Å²) < 4.78 is 13.5. The van der Waals surface area contributed by atoms with Gasteiger partial charge in [-0.15, -0.1) is 34.9 Å². The summed E-state index contributed by atoms with van der Waals surface area (Å²) in [4.78, 5) is 75.0. The molecule has 2 atom stereocenters. The zero-order valence-corrected chi connectivity index (χ0v) is 42.7. The van der Waals surface area contributed by atoms with Crippen LogP contribution in [0.15, 0.2) is 184 Å². The third kappa shape index (κ3) is 11.0. The Bertz CT molecular complexity index is 2960. The van der Waals surface area contributed by atoms with Crippen LogP contribution in [0.5, 0.6) is 0 Å². The van der Waals surface area contributed by atoms with Gasteiger partial charge in [-0.25, -0.2) is 24.2 Å². The van der Waals surface area contributed by atoms with Crippen molar-refractivity contribution in [3.05, 3.63) is 207 Å². The van der Waals surface area contributed by atoms with Gasteiger partial charge in [-0.3, -0.25) is 19.8 Å². The number of benzene rings is 5. The van der Waals surface area contributed by atoms with Crippen LogP contribution in [0.2, 0.25) is 0 Å². The van der Waals surface area contributed by atoms with Crippen molar-refractivity contribution in [2.45, 2.75) is 54.6 Å². The predicted octanol–water partition coefficient (Wildman–Crippen LogP) is 9.76. The summed E-state index contributed by atoms with van der Waals surface area (Å²) in [6, 6.07) is 46.3. The number of oxime groups is 1. The standard InChI is InChI=1S/C53H48N8O7S4/c1-52(2,3)67-51(65)58-49-56-39(30-70-49)41(59-68-53(36-24-14-7-15-25-36,37-26-16-8-17-27-37)38-28-18-9-19-29-38)45(62)57-42-46(63)61-43(40(31-69-47(42)61)71-33-72-50-54-32-55-60(50)4)48(64)66-44(34-20-10-5-11-21-34)35-22-12-6-13-23-35/h5-30,32,42,44,47H,31,33H2,1-4H3,(H,57,62)(H,56,58,65)/t42-,47+/m1/s1. The highest BCUT2D eigenvalue weighted by atomic mass is 32.2. The van der Waals surface area contributed by atoms with Gasteiger partial charge in [0.15, 0.2) is 22.1 Å². The molecular formula is C53H48N8O7S4. The number of carbonyl (C=O) groups excluding carboxylic acids is 4. The number of nitrogens with zero attached hydrogens (tertiary/aromatic N) is 6. The van der Waals surface area contributed by atoms with Gasteiger partial charge >= 0.3 is 12.1 Å². The third-order valence-corrected chi connectivity index (χ3v) is 15.8. The van der Waals surface area contributed by atoms with Crippen LogP contribution in [-0.4, -0.2) is 82.1 Å². The molecule has 19 heteroatoms. The average Bonchev–Trinajstić information content (AvgIpc) is 4.04. The van der Waals surface area contributed by atoms with Crippen molar-refractivity contribution >= 4 is 81.3 Å². The normalized spacial score (nSPS) is 15.9. The molecule has 0 bridgehead atoms. The second-order valence-electron chi connectivity index (χ2n) is 17.3. The Morgan fingerprint density at radius 3 is 1.89 bits per heavy atom. The number of hydrogen-bond donors (Lipinski definition) is 2. The quantitative estimate of drug-likeness (QED) is 0.0168. The number of rotatable bonds is 17. The lowest BCUT2D eigenvalue weighted by Gasteiger charge is -2.49. The first-order valence-corrected chi connectivity index (χ1v) is 26.6. The van der Waals surface area contributed by atoms with Crippen LogP contribution in [0.4, 0.5) is 9.93 Å². The molecule has 0 unspecified atom stereocenters. The molecule has 0 saturated carbocycles. The first-order valence-electron chi connectivity index (χ1n) is 22.7. The molecule has 2 aliphatic heterocycles. The van der Waals surface area contributed by atoms with E-state index in [1.807, 2.05) is 152 Å². The first-order chi connectivity index (χ1) is 34.9. The summed E-state index contributed by atoms with van der Waals surface area (Å²) in [6.45, 7) is 5.23. The van der Waals surface area contributed by atoms with E-state index in [-0.39, 0.29) is 22.2 Å². The summed E-state index contributed by atoms with van der Waals surface area (Å²) >= 11 is 5.31. The second kappa shape index (κ2) is 22.1. The maximum absolute atomic E-state index is 15.0. The molecule has 0 radical (unpaired) electrons. The Hall–Kier alpha value is -7.19. The van der Waals surface area contributed by atoms with E-state index in [9.17, 15) is 19.2 Å². The number of esters is 1. The van der Waals surface area contributed by atoms with Gasteiger partial charge in [0.05, 0.1) is 5.08 Å². The van der Waals surface area contributed by atoms with Crippen molar-refractivity contribution in [2.24, 2.45) is 12.2 Å². The molecule has 3 amide bonds. The molecule has 7 aromatic rings. The summed E-state index contributed by atoms with van der Waals surface area (Å²) in [5, 5.41) is 16.5. The molecule has 1 saturated heterocycles. The molecule has 1 fully saturated rings. The lowest BCUT2D eigenvalue weighted by atomic mass is 9.80. The average molecular weight is 1040 g/mol. The monoisotopic (exact) mass is 1040 g/mol. The minimum Gasteiger partial charge on any atom is -0.448 e. The number of aryl methyl sites for hydroxylation is 1. The number of β-lactam (4-membered cyclic amide) rings is 1. The number of amides is 3. The lowest BCUT2D eigenvalue weighted by molar-refractivity contribution is -0.154. The van der Waals surface area contributed by atoms with Crippen LogP contribution in [0, 0.1) is 0 Å². The van der Waals surface area contributed by atoms with Crippen LogP contribution in [-0.2, 0) is 41.3 Å². The Balaban J connectivity index is 1.06. The van der Waals surface area contributed by atoms with Crippen LogP contribution in [0.25, 0.3) is 0 Å². The molecule has 2 N–H and O–H groups in total. The van der Waals surface area contributed by atoms with Crippen molar-refractivity contribution in [1.82, 2.24) is 30.0 Å². The molecule has 9 rings (SSSR count). The van der Waals surface area contributed by atoms with E-state index in [0.29, 0.717) is 20.9 Å². The van der Waals surface area contributed by atoms with Gasteiger partial charge < -0.3 is 19.6 Å². The number of thioether (sulfide) groups is 3. The topological polar surface area (TPSA) is 179 Å². The van der Waals surface area contributed by atoms with Crippen LogP contribution < -0.4 is 10.6 Å². The molecule has 2 aromatic heterocycles. The zero-order chi connectivity index (χ0) is 50.2. The fourth-order valence-electron chi connectivity index (χ4n) is 8.04. The van der Waals surface area contributed by atoms with E-state index in [0.717, 1.165) is 39.2 Å². The van der Waals surface area contributed by atoms with Gasteiger partial charge in [-0.05, 0) is 31.9 Å². The van der Waals surface area contributed by atoms with Crippen molar-refractivity contribution in [2.75, 3.05) is 16.2 Å². The highest BCUT2D eigenvalue weighted by Crippen LogP contribution is 2.46. The number of carbonyl (C=O) groups is 4. The summed E-state index contributed by atoms with van der Waals surface area (Å²) in [7, 11) is 1.80. The van der Waals surface area contributed by atoms with Gasteiger partial charge in [0.25, 0.3) is 11.8 Å². The van der Waals surface area contributed by atoms with Crippen LogP contribution >= 0.6 is 46.6 Å².